The molecule has 2 aliphatic heterocycles. The molecule has 0 bridgehead atoms. The molecule has 0 spiro atoms. The number of likely N-dealkylation sites (tertiary alicyclic amines) is 1. The van der Waals surface area contributed by atoms with Gasteiger partial charge in [-0.05, 0) is 13.0 Å². The van der Waals surface area contributed by atoms with Crippen LogP contribution in [0.3, 0.4) is 0 Å². The van der Waals surface area contributed by atoms with Crippen LogP contribution in [-0.4, -0.2) is 82.4 Å². The molecule has 3 amide bonds. The summed E-state index contributed by atoms with van der Waals surface area (Å²) in [5.74, 6) is 0.870. The lowest BCUT2D eigenvalue weighted by Gasteiger charge is -2.40. The number of hydrogen-bond donors (Lipinski definition) is 2. The Morgan fingerprint density at radius 1 is 1.43 bits per heavy atom. The van der Waals surface area contributed by atoms with Crippen LogP contribution in [0.2, 0.25) is 0 Å². The second-order valence-corrected chi connectivity index (χ2v) is 6.12. The first kappa shape index (κ1) is 15.8. The van der Waals surface area contributed by atoms with Gasteiger partial charge in [-0.2, -0.15) is 0 Å². The molecule has 2 atom stereocenters. The fraction of sp³-hybridized carbons (Fsp3) is 0.667. The number of hydrogen-bond acceptors (Lipinski definition) is 4. The van der Waals surface area contributed by atoms with Crippen molar-refractivity contribution in [3.63, 3.8) is 0 Å². The van der Waals surface area contributed by atoms with Gasteiger partial charge >= 0.3 is 6.03 Å². The van der Waals surface area contributed by atoms with Gasteiger partial charge in [-0.1, -0.05) is 6.92 Å². The number of piperazine rings is 1. The van der Waals surface area contributed by atoms with E-state index in [1.165, 1.54) is 0 Å². The van der Waals surface area contributed by atoms with E-state index in [4.69, 9.17) is 0 Å². The highest BCUT2D eigenvalue weighted by Crippen LogP contribution is 2.22. The van der Waals surface area contributed by atoms with Crippen molar-refractivity contribution in [2.75, 3.05) is 39.8 Å². The summed E-state index contributed by atoms with van der Waals surface area (Å²) in [6.45, 7) is 5.75. The molecular formula is C15H24N6O2. The number of urea groups is 1. The van der Waals surface area contributed by atoms with Crippen LogP contribution in [0, 0.1) is 0 Å². The van der Waals surface area contributed by atoms with Crippen LogP contribution in [0.15, 0.2) is 12.4 Å². The molecule has 0 aromatic carbocycles. The van der Waals surface area contributed by atoms with Crippen LogP contribution in [0.1, 0.15) is 25.2 Å². The lowest BCUT2D eigenvalue weighted by molar-refractivity contribution is -0.128. The van der Waals surface area contributed by atoms with E-state index in [0.717, 1.165) is 18.9 Å². The van der Waals surface area contributed by atoms with E-state index in [1.54, 1.807) is 29.2 Å². The van der Waals surface area contributed by atoms with Gasteiger partial charge in [-0.15, -0.1) is 0 Å². The van der Waals surface area contributed by atoms with Crippen LogP contribution in [0.25, 0.3) is 0 Å². The predicted molar refractivity (Wildman–Crippen MR) is 84.7 cm³/mol. The fourth-order valence-corrected chi connectivity index (χ4v) is 3.30. The van der Waals surface area contributed by atoms with Gasteiger partial charge in [-0.25, -0.2) is 9.78 Å². The van der Waals surface area contributed by atoms with Crippen molar-refractivity contribution in [3.8, 4) is 0 Å². The van der Waals surface area contributed by atoms with Crippen molar-refractivity contribution in [3.05, 3.63) is 18.2 Å². The van der Waals surface area contributed by atoms with E-state index in [9.17, 15) is 9.59 Å². The lowest BCUT2D eigenvalue weighted by Crippen LogP contribution is -2.55. The quantitative estimate of drug-likeness (QED) is 0.823. The molecule has 0 radical (unpaired) electrons. The Kier molecular flexibility index (Phi) is 4.51. The number of carbonyl (C=O) groups excluding carboxylic acids is 2. The third kappa shape index (κ3) is 3.17. The summed E-state index contributed by atoms with van der Waals surface area (Å²) in [6, 6.07) is -0.485. The molecule has 2 N–H and O–H groups in total. The van der Waals surface area contributed by atoms with Gasteiger partial charge in [0.1, 0.15) is 11.9 Å². The topological polar surface area (TPSA) is 84.6 Å². The Balaban J connectivity index is 1.64. The van der Waals surface area contributed by atoms with Gasteiger partial charge in [0.15, 0.2) is 0 Å². The minimum absolute atomic E-state index is 0.00636. The van der Waals surface area contributed by atoms with Crippen LogP contribution in [0.5, 0.6) is 0 Å². The van der Waals surface area contributed by atoms with Gasteiger partial charge in [0.25, 0.3) is 0 Å². The summed E-state index contributed by atoms with van der Waals surface area (Å²) in [5.41, 5.74) is 0. The summed E-state index contributed by atoms with van der Waals surface area (Å²) in [4.78, 5) is 37.7. The summed E-state index contributed by atoms with van der Waals surface area (Å²) in [6.07, 6.45) is 4.21. The van der Waals surface area contributed by atoms with E-state index in [1.807, 2.05) is 0 Å². The molecule has 0 aliphatic carbocycles. The van der Waals surface area contributed by atoms with Crippen molar-refractivity contribution >= 4 is 11.9 Å². The Morgan fingerprint density at radius 2 is 2.26 bits per heavy atom. The van der Waals surface area contributed by atoms with Gasteiger partial charge in [0.2, 0.25) is 5.91 Å². The monoisotopic (exact) mass is 320 g/mol. The molecule has 3 heterocycles. The maximum absolute atomic E-state index is 12.5. The van der Waals surface area contributed by atoms with Crippen molar-refractivity contribution < 1.29 is 9.59 Å². The van der Waals surface area contributed by atoms with Crippen molar-refractivity contribution in [2.24, 2.45) is 0 Å². The number of amides is 3. The van der Waals surface area contributed by atoms with E-state index >= 15 is 0 Å². The van der Waals surface area contributed by atoms with Crippen molar-refractivity contribution in [1.29, 1.82) is 0 Å². The first-order valence-corrected chi connectivity index (χ1v) is 8.14. The van der Waals surface area contributed by atoms with E-state index < -0.39 is 6.04 Å². The van der Waals surface area contributed by atoms with Gasteiger partial charge < -0.3 is 20.1 Å². The normalized spacial score (nSPS) is 25.9. The zero-order chi connectivity index (χ0) is 16.4. The second-order valence-electron chi connectivity index (χ2n) is 6.12. The summed E-state index contributed by atoms with van der Waals surface area (Å²) in [7, 11) is 1.77. The Hall–Kier alpha value is -2.09. The molecule has 3 rings (SSSR count). The summed E-state index contributed by atoms with van der Waals surface area (Å²) < 4.78 is 0. The average Bonchev–Trinajstić information content (AvgIpc) is 3.20. The zero-order valence-electron chi connectivity index (χ0n) is 13.7. The number of aromatic nitrogens is 2. The van der Waals surface area contributed by atoms with Crippen molar-refractivity contribution in [1.82, 2.24) is 30.0 Å². The number of H-pyrrole nitrogens is 1. The largest absolute Gasteiger partial charge is 0.347 e. The standard InChI is InChI=1S/C15H24N6O2/c1-3-20-8-9-21(10-12(20)13-16-5-6-17-13)15(23)18-11-4-7-19(2)14(11)22/h5-6,11-12H,3-4,7-10H2,1-2H3,(H,16,17)(H,18,23). The zero-order valence-corrected chi connectivity index (χ0v) is 13.7. The predicted octanol–water partition coefficient (Wildman–Crippen LogP) is 0.0286. The third-order valence-corrected chi connectivity index (χ3v) is 4.74. The average molecular weight is 320 g/mol. The highest BCUT2D eigenvalue weighted by atomic mass is 16.2. The summed E-state index contributed by atoms with van der Waals surface area (Å²) in [5, 5.41) is 2.87. The van der Waals surface area contributed by atoms with E-state index in [-0.39, 0.29) is 18.0 Å². The molecule has 1 aromatic rings. The van der Waals surface area contributed by atoms with Gasteiger partial charge in [0, 0.05) is 45.6 Å². The number of carbonyl (C=O) groups is 2. The van der Waals surface area contributed by atoms with Gasteiger partial charge in [-0.3, -0.25) is 9.69 Å². The molecule has 2 unspecified atom stereocenters. The number of aromatic amines is 1. The molecule has 2 saturated heterocycles. The molecule has 2 aliphatic rings. The van der Waals surface area contributed by atoms with Crippen LogP contribution in [-0.2, 0) is 4.79 Å². The fourth-order valence-electron chi connectivity index (χ4n) is 3.30. The molecule has 2 fully saturated rings. The molecule has 1 aromatic heterocycles. The van der Waals surface area contributed by atoms with E-state index in [2.05, 4.69) is 27.1 Å². The maximum Gasteiger partial charge on any atom is 0.318 e. The maximum atomic E-state index is 12.5. The second kappa shape index (κ2) is 6.57. The first-order valence-electron chi connectivity index (χ1n) is 8.14. The minimum Gasteiger partial charge on any atom is -0.347 e. The highest BCUT2D eigenvalue weighted by Gasteiger charge is 2.35. The number of likely N-dealkylation sites (N-methyl/N-ethyl adjacent to an activating group) is 2. The van der Waals surface area contributed by atoms with Crippen LogP contribution in [0.4, 0.5) is 4.79 Å². The number of nitrogens with zero attached hydrogens (tertiary/aromatic N) is 4. The minimum atomic E-state index is -0.390. The molecule has 23 heavy (non-hydrogen) atoms. The molecule has 8 nitrogen and oxygen atoms in total. The summed E-state index contributed by atoms with van der Waals surface area (Å²) >= 11 is 0. The van der Waals surface area contributed by atoms with E-state index in [0.29, 0.717) is 26.1 Å². The highest BCUT2D eigenvalue weighted by molar-refractivity contribution is 5.88. The molecule has 0 saturated carbocycles. The smallest absolute Gasteiger partial charge is 0.318 e. The number of nitrogens with one attached hydrogen (secondary N) is 2. The first-order chi connectivity index (χ1) is 11.1. The van der Waals surface area contributed by atoms with Gasteiger partial charge in [0.05, 0.1) is 6.04 Å². The molecular weight excluding hydrogens is 296 g/mol. The van der Waals surface area contributed by atoms with Crippen LogP contribution < -0.4 is 5.32 Å². The SMILES string of the molecule is CCN1CCN(C(=O)NC2CCN(C)C2=O)CC1c1ncc[nH]1. The number of rotatable bonds is 3. The lowest BCUT2D eigenvalue weighted by atomic mass is 10.1. The molecule has 126 valence electrons. The Morgan fingerprint density at radius 3 is 2.87 bits per heavy atom. The van der Waals surface area contributed by atoms with Crippen LogP contribution >= 0.6 is 0 Å². The third-order valence-electron chi connectivity index (χ3n) is 4.74. The number of imidazole rings is 1. The Labute approximate surface area is 135 Å². The van der Waals surface area contributed by atoms with Crippen molar-refractivity contribution in [2.45, 2.75) is 25.4 Å². The Bertz CT molecular complexity index is 560. The molecule has 8 heteroatoms.